The monoisotopic (exact) mass is 646 g/mol. The molecular weight excluding hydrogens is 616 g/mol. The van der Waals surface area contributed by atoms with E-state index in [4.69, 9.17) is 19.2 Å². The molecule has 4 heterocycles. The van der Waals surface area contributed by atoms with E-state index in [0.717, 1.165) is 10.3 Å². The molecule has 0 saturated carbocycles. The van der Waals surface area contributed by atoms with Crippen molar-refractivity contribution in [3.05, 3.63) is 119 Å². The van der Waals surface area contributed by atoms with Gasteiger partial charge in [0, 0.05) is 6.20 Å². The molecule has 1 unspecified atom stereocenters. The number of hydrogen-bond donors (Lipinski definition) is 1. The summed E-state index contributed by atoms with van der Waals surface area (Å²) in [6, 6.07) is 24.9. The van der Waals surface area contributed by atoms with Crippen LogP contribution in [0, 0.1) is 6.92 Å². The predicted molar refractivity (Wildman–Crippen MR) is 179 cm³/mol. The molecule has 10 nitrogen and oxygen atoms in total. The highest BCUT2D eigenvalue weighted by Crippen LogP contribution is 2.46. The Morgan fingerprint density at radius 2 is 1.74 bits per heavy atom. The zero-order chi connectivity index (χ0) is 32.7. The van der Waals surface area contributed by atoms with Gasteiger partial charge in [0.1, 0.15) is 23.7 Å². The molecule has 3 aromatic carbocycles. The summed E-state index contributed by atoms with van der Waals surface area (Å²) in [6.45, 7) is 4.47. The van der Waals surface area contributed by atoms with Crippen LogP contribution >= 0.6 is 11.3 Å². The molecule has 0 bridgehead atoms. The average Bonchev–Trinajstić information content (AvgIpc) is 3.74. The fraction of sp³-hybridized carbons (Fsp3) is 0.167. The van der Waals surface area contributed by atoms with Crippen LogP contribution in [-0.4, -0.2) is 44.9 Å². The van der Waals surface area contributed by atoms with Crippen molar-refractivity contribution in [1.82, 2.24) is 14.4 Å². The highest BCUT2D eigenvalue weighted by molar-refractivity contribution is 7.22. The Labute approximate surface area is 274 Å². The van der Waals surface area contributed by atoms with E-state index >= 15 is 0 Å². The van der Waals surface area contributed by atoms with Crippen molar-refractivity contribution in [3.63, 3.8) is 0 Å². The first kappa shape index (κ1) is 30.0. The van der Waals surface area contributed by atoms with Crippen molar-refractivity contribution in [2.45, 2.75) is 26.5 Å². The molecule has 7 rings (SSSR count). The molecule has 11 heteroatoms. The molecule has 1 atom stereocenters. The summed E-state index contributed by atoms with van der Waals surface area (Å²) < 4.78 is 20.0. The Bertz CT molecular complexity index is 2190. The van der Waals surface area contributed by atoms with Crippen molar-refractivity contribution in [1.29, 1.82) is 0 Å². The molecule has 1 amide bonds. The lowest BCUT2D eigenvalue weighted by molar-refractivity contribution is -0.132. The van der Waals surface area contributed by atoms with Gasteiger partial charge in [-0.25, -0.2) is 9.97 Å². The molecule has 236 valence electrons. The fourth-order valence-corrected chi connectivity index (χ4v) is 6.85. The van der Waals surface area contributed by atoms with Gasteiger partial charge >= 0.3 is 5.91 Å². The summed E-state index contributed by atoms with van der Waals surface area (Å²) in [5, 5.41) is 12.2. The third kappa shape index (κ3) is 5.34. The van der Waals surface area contributed by atoms with Gasteiger partial charge in [0.2, 0.25) is 0 Å². The van der Waals surface area contributed by atoms with Gasteiger partial charge in [0.15, 0.2) is 22.4 Å². The number of thiazole rings is 1. The van der Waals surface area contributed by atoms with Crippen LogP contribution in [0.1, 0.15) is 35.5 Å². The van der Waals surface area contributed by atoms with E-state index in [1.54, 1.807) is 47.9 Å². The van der Waals surface area contributed by atoms with Crippen LogP contribution in [0.15, 0.2) is 96.7 Å². The molecule has 1 aliphatic heterocycles. The maximum absolute atomic E-state index is 14.0. The molecule has 3 aromatic heterocycles. The number of pyridine rings is 1. The van der Waals surface area contributed by atoms with Crippen molar-refractivity contribution >= 4 is 49.8 Å². The number of amides is 1. The zero-order valence-corrected chi connectivity index (χ0v) is 26.7. The van der Waals surface area contributed by atoms with Crippen LogP contribution < -0.4 is 19.1 Å². The van der Waals surface area contributed by atoms with E-state index in [1.807, 2.05) is 61.5 Å². The minimum Gasteiger partial charge on any atom is -0.505 e. The molecule has 0 radical (unpaired) electrons. The first-order valence-electron chi connectivity index (χ1n) is 15.0. The maximum Gasteiger partial charge on any atom is 0.301 e. The number of anilines is 1. The second-order valence-corrected chi connectivity index (χ2v) is 11.9. The lowest BCUT2D eigenvalue weighted by Crippen LogP contribution is -2.29. The first-order valence-corrected chi connectivity index (χ1v) is 15.8. The number of rotatable bonds is 9. The number of methoxy groups -OCH3 is 1. The van der Waals surface area contributed by atoms with Crippen LogP contribution in [0.3, 0.4) is 0 Å². The second kappa shape index (κ2) is 12.3. The van der Waals surface area contributed by atoms with Gasteiger partial charge in [-0.1, -0.05) is 53.8 Å². The Hall–Kier alpha value is -5.68. The first-order chi connectivity index (χ1) is 22.9. The fourth-order valence-electron chi connectivity index (χ4n) is 5.83. The summed E-state index contributed by atoms with van der Waals surface area (Å²) >= 11 is 1.26. The standard InChI is InChI=1S/C36H30N4O6S/c1-4-45-24-14-15-25-28(19-24)47-36(38-25)40-32(23-13-16-26(27(18-23)44-3)46-20-22-10-6-5-7-11-22)30(34(42)35(40)43)33(41)31-21(2)37-29-12-8-9-17-39(29)31/h5-19,32,41H,4,20H2,1-3H3/b33-30+. The van der Waals surface area contributed by atoms with Crippen molar-refractivity contribution < 1.29 is 28.9 Å². The number of hydrogen-bond acceptors (Lipinski definition) is 9. The van der Waals surface area contributed by atoms with Crippen LogP contribution in [0.5, 0.6) is 17.2 Å². The van der Waals surface area contributed by atoms with Gasteiger partial charge in [0.25, 0.3) is 5.78 Å². The van der Waals surface area contributed by atoms with E-state index in [9.17, 15) is 14.7 Å². The number of aliphatic hydroxyl groups is 1. The second-order valence-electron chi connectivity index (χ2n) is 10.9. The smallest absolute Gasteiger partial charge is 0.301 e. The summed E-state index contributed by atoms with van der Waals surface area (Å²) in [6.07, 6.45) is 1.75. The number of aromatic nitrogens is 3. The minimum atomic E-state index is -1.03. The Morgan fingerprint density at radius 3 is 2.53 bits per heavy atom. The van der Waals surface area contributed by atoms with Crippen LogP contribution in [0.25, 0.3) is 21.6 Å². The van der Waals surface area contributed by atoms with Gasteiger partial charge in [-0.15, -0.1) is 0 Å². The van der Waals surface area contributed by atoms with Gasteiger partial charge in [-0.05, 0) is 67.4 Å². The molecular formula is C36H30N4O6S. The molecule has 6 aromatic rings. The number of ether oxygens (including phenoxy) is 3. The van der Waals surface area contributed by atoms with E-state index in [2.05, 4.69) is 4.98 Å². The number of aryl methyl sites for hydroxylation is 1. The number of ketones is 1. The largest absolute Gasteiger partial charge is 0.505 e. The van der Waals surface area contributed by atoms with Gasteiger partial charge < -0.3 is 19.3 Å². The van der Waals surface area contributed by atoms with E-state index < -0.39 is 17.7 Å². The third-order valence-electron chi connectivity index (χ3n) is 7.98. The van der Waals surface area contributed by atoms with Gasteiger partial charge in [0.05, 0.1) is 41.2 Å². The number of fused-ring (bicyclic) bond motifs is 2. The van der Waals surface area contributed by atoms with E-state index in [-0.39, 0.29) is 11.3 Å². The van der Waals surface area contributed by atoms with Gasteiger partial charge in [-0.3, -0.25) is 18.9 Å². The van der Waals surface area contributed by atoms with Crippen LogP contribution in [0.4, 0.5) is 5.13 Å². The van der Waals surface area contributed by atoms with E-state index in [1.165, 1.54) is 23.3 Å². The molecule has 1 fully saturated rings. The number of carbonyl (C=O) groups excluding carboxylic acids is 2. The Morgan fingerprint density at radius 1 is 0.936 bits per heavy atom. The topological polar surface area (TPSA) is 115 Å². The number of Topliss-reactive ketones (excluding diaryl/α,β-unsaturated/α-hetero) is 1. The minimum absolute atomic E-state index is 0.0852. The number of imidazole rings is 1. The van der Waals surface area contributed by atoms with Crippen molar-refractivity contribution in [3.8, 4) is 17.2 Å². The summed E-state index contributed by atoms with van der Waals surface area (Å²) in [7, 11) is 1.52. The quantitative estimate of drug-likeness (QED) is 0.103. The highest BCUT2D eigenvalue weighted by Gasteiger charge is 2.49. The summed E-state index contributed by atoms with van der Waals surface area (Å²) in [4.78, 5) is 38.5. The third-order valence-corrected chi connectivity index (χ3v) is 9.00. The molecule has 1 aliphatic rings. The summed E-state index contributed by atoms with van der Waals surface area (Å²) in [5.41, 5.74) is 3.49. The van der Waals surface area contributed by atoms with Gasteiger partial charge in [-0.2, -0.15) is 0 Å². The maximum atomic E-state index is 14.0. The highest BCUT2D eigenvalue weighted by atomic mass is 32.1. The van der Waals surface area contributed by atoms with Crippen molar-refractivity contribution in [2.24, 2.45) is 0 Å². The zero-order valence-electron chi connectivity index (χ0n) is 25.8. The number of carbonyl (C=O) groups is 2. The summed E-state index contributed by atoms with van der Waals surface area (Å²) in [5.74, 6) is -0.424. The average molecular weight is 647 g/mol. The Kier molecular flexibility index (Phi) is 7.82. The van der Waals surface area contributed by atoms with E-state index in [0.29, 0.717) is 63.7 Å². The molecule has 1 N–H and O–H groups in total. The van der Waals surface area contributed by atoms with Crippen LogP contribution in [-0.2, 0) is 16.2 Å². The lowest BCUT2D eigenvalue weighted by Gasteiger charge is -2.24. The lowest BCUT2D eigenvalue weighted by atomic mass is 9.96. The number of nitrogens with zero attached hydrogens (tertiary/aromatic N) is 4. The molecule has 47 heavy (non-hydrogen) atoms. The molecule has 0 aliphatic carbocycles. The SMILES string of the molecule is CCOc1ccc2nc(N3C(=O)C(=O)/C(=C(/O)c4c(C)nc5ccccn45)C3c3ccc(OCc4ccccc4)c(OC)c3)sc2c1. The molecule has 1 saturated heterocycles. The van der Waals surface area contributed by atoms with Crippen molar-refractivity contribution in [2.75, 3.05) is 18.6 Å². The number of benzene rings is 3. The Balaban J connectivity index is 1.38. The molecule has 0 spiro atoms. The predicted octanol–water partition coefficient (Wildman–Crippen LogP) is 6.87. The normalized spacial score (nSPS) is 15.9. The van der Waals surface area contributed by atoms with Crippen LogP contribution in [0.2, 0.25) is 0 Å². The number of aliphatic hydroxyl groups excluding tert-OH is 1.